The molecule has 0 aliphatic carbocycles. The Labute approximate surface area is 144 Å². The van der Waals surface area contributed by atoms with Gasteiger partial charge >= 0.3 is 0 Å². The maximum atomic E-state index is 12.4. The molecule has 1 aliphatic rings. The van der Waals surface area contributed by atoms with Crippen LogP contribution in [0.15, 0.2) is 53.4 Å². The van der Waals surface area contributed by atoms with Crippen molar-refractivity contribution in [3.05, 3.63) is 59.7 Å². The first kappa shape index (κ1) is 16.7. The minimum atomic E-state index is -4.01. The van der Waals surface area contributed by atoms with Crippen LogP contribution in [0.4, 0.5) is 5.69 Å². The number of carbonyl (C=O) groups excluding carboxylic acids is 2. The Kier molecular flexibility index (Phi) is 4.25. The highest BCUT2D eigenvalue weighted by molar-refractivity contribution is 7.90. The number of nitrogens with one attached hydrogen (secondary N) is 1. The maximum Gasteiger partial charge on any atom is 0.269 e. The van der Waals surface area contributed by atoms with E-state index in [1.807, 2.05) is 6.07 Å². The maximum absolute atomic E-state index is 12.4. The van der Waals surface area contributed by atoms with Crippen LogP contribution in [-0.4, -0.2) is 31.1 Å². The first-order valence-electron chi connectivity index (χ1n) is 7.35. The molecule has 7 nitrogen and oxygen atoms in total. The third kappa shape index (κ3) is 3.09. The molecule has 0 fully saturated rings. The zero-order valence-corrected chi connectivity index (χ0v) is 13.8. The van der Waals surface area contributed by atoms with Gasteiger partial charge in [0.25, 0.3) is 15.9 Å². The van der Waals surface area contributed by atoms with Gasteiger partial charge in [-0.3, -0.25) is 9.59 Å². The number of nitrogens with zero attached hydrogens (tertiary/aromatic N) is 2. The first-order chi connectivity index (χ1) is 11.9. The highest BCUT2D eigenvalue weighted by Gasteiger charge is 2.41. The minimum absolute atomic E-state index is 0.0659. The first-order valence-corrected chi connectivity index (χ1v) is 8.79. The van der Waals surface area contributed by atoms with Crippen molar-refractivity contribution in [3.63, 3.8) is 0 Å². The van der Waals surface area contributed by atoms with Crippen molar-refractivity contribution in [2.24, 2.45) is 0 Å². The smallest absolute Gasteiger partial charge is 0.269 e. The Morgan fingerprint density at radius 2 is 1.80 bits per heavy atom. The van der Waals surface area contributed by atoms with Crippen molar-refractivity contribution >= 4 is 27.5 Å². The molecule has 0 bridgehead atoms. The SMILES string of the molecule is N#CCc1ccc(NC(=O)CN2C(=O)c3ccccc3S2(=O)=O)cc1. The van der Waals surface area contributed by atoms with E-state index in [0.717, 1.165) is 5.56 Å². The number of rotatable bonds is 4. The lowest BCUT2D eigenvalue weighted by atomic mass is 10.1. The summed E-state index contributed by atoms with van der Waals surface area (Å²) < 4.78 is 25.4. The Bertz CT molecular complexity index is 991. The van der Waals surface area contributed by atoms with Crippen molar-refractivity contribution in [2.75, 3.05) is 11.9 Å². The third-order valence-corrected chi connectivity index (χ3v) is 5.51. The molecule has 2 aromatic carbocycles. The number of fused-ring (bicyclic) bond motifs is 1. The molecular formula is C17H13N3O4S. The zero-order chi connectivity index (χ0) is 18.0. The monoisotopic (exact) mass is 355 g/mol. The summed E-state index contributed by atoms with van der Waals surface area (Å²) in [5.41, 5.74) is 1.32. The molecule has 0 aromatic heterocycles. The molecule has 3 rings (SSSR count). The van der Waals surface area contributed by atoms with Crippen LogP contribution in [0, 0.1) is 11.3 Å². The Morgan fingerprint density at radius 1 is 1.12 bits per heavy atom. The fourth-order valence-electron chi connectivity index (χ4n) is 2.52. The van der Waals surface area contributed by atoms with Crippen LogP contribution in [-0.2, 0) is 21.2 Å². The van der Waals surface area contributed by atoms with Crippen LogP contribution in [0.1, 0.15) is 15.9 Å². The van der Waals surface area contributed by atoms with Crippen LogP contribution in [0.5, 0.6) is 0 Å². The van der Waals surface area contributed by atoms with Gasteiger partial charge in [0.1, 0.15) is 11.4 Å². The van der Waals surface area contributed by atoms with E-state index in [0.29, 0.717) is 9.99 Å². The van der Waals surface area contributed by atoms with Gasteiger partial charge in [-0.05, 0) is 29.8 Å². The van der Waals surface area contributed by atoms with Gasteiger partial charge < -0.3 is 5.32 Å². The van der Waals surface area contributed by atoms with Crippen LogP contribution in [0.3, 0.4) is 0 Å². The largest absolute Gasteiger partial charge is 0.325 e. The summed E-state index contributed by atoms with van der Waals surface area (Å²) in [7, 11) is -4.01. The van der Waals surface area contributed by atoms with Crippen LogP contribution < -0.4 is 5.32 Å². The molecule has 1 heterocycles. The second-order valence-corrected chi connectivity index (χ2v) is 7.22. The van der Waals surface area contributed by atoms with Crippen molar-refractivity contribution in [1.82, 2.24) is 4.31 Å². The predicted octanol–water partition coefficient (Wildman–Crippen LogP) is 1.54. The van der Waals surface area contributed by atoms with E-state index in [2.05, 4.69) is 5.32 Å². The number of carbonyl (C=O) groups is 2. The molecule has 126 valence electrons. The minimum Gasteiger partial charge on any atom is -0.325 e. The third-order valence-electron chi connectivity index (χ3n) is 3.72. The van der Waals surface area contributed by atoms with Gasteiger partial charge in [-0.15, -0.1) is 0 Å². The lowest BCUT2D eigenvalue weighted by Gasteiger charge is -2.14. The summed E-state index contributed by atoms with van der Waals surface area (Å²) in [6.45, 7) is -0.601. The molecule has 0 unspecified atom stereocenters. The van der Waals surface area contributed by atoms with Gasteiger partial charge in [0.2, 0.25) is 5.91 Å². The van der Waals surface area contributed by atoms with Crippen molar-refractivity contribution in [3.8, 4) is 6.07 Å². The number of benzene rings is 2. The van der Waals surface area contributed by atoms with E-state index in [9.17, 15) is 18.0 Å². The summed E-state index contributed by atoms with van der Waals surface area (Å²) in [4.78, 5) is 24.3. The standard InChI is InChI=1S/C17H13N3O4S/c18-10-9-12-5-7-13(8-6-12)19-16(21)11-20-17(22)14-3-1-2-4-15(14)25(20,23)24/h1-8H,9,11H2,(H,19,21). The highest BCUT2D eigenvalue weighted by atomic mass is 32.2. The topological polar surface area (TPSA) is 107 Å². The fraction of sp³-hybridized carbons (Fsp3) is 0.118. The molecule has 0 spiro atoms. The lowest BCUT2D eigenvalue weighted by Crippen LogP contribution is -2.37. The van der Waals surface area contributed by atoms with E-state index in [-0.39, 0.29) is 16.9 Å². The Morgan fingerprint density at radius 3 is 2.44 bits per heavy atom. The number of sulfonamides is 1. The highest BCUT2D eigenvalue weighted by Crippen LogP contribution is 2.29. The van der Waals surface area contributed by atoms with Gasteiger partial charge in [-0.1, -0.05) is 24.3 Å². The van der Waals surface area contributed by atoms with Gasteiger partial charge in [0.15, 0.2) is 0 Å². The summed E-state index contributed by atoms with van der Waals surface area (Å²) >= 11 is 0. The van der Waals surface area contributed by atoms with Crippen molar-refractivity contribution < 1.29 is 18.0 Å². The van der Waals surface area contributed by atoms with E-state index in [1.165, 1.54) is 18.2 Å². The second-order valence-electron chi connectivity index (χ2n) is 5.39. The van der Waals surface area contributed by atoms with E-state index >= 15 is 0 Å². The quantitative estimate of drug-likeness (QED) is 0.895. The molecular weight excluding hydrogens is 342 g/mol. The molecule has 2 aromatic rings. The van der Waals surface area contributed by atoms with Crippen molar-refractivity contribution in [1.29, 1.82) is 5.26 Å². The summed E-state index contributed by atoms with van der Waals surface area (Å²) in [6, 6.07) is 14.5. The number of anilines is 1. The van der Waals surface area contributed by atoms with Crippen LogP contribution >= 0.6 is 0 Å². The van der Waals surface area contributed by atoms with Gasteiger partial charge in [-0.2, -0.15) is 5.26 Å². The predicted molar refractivity (Wildman–Crippen MR) is 89.1 cm³/mol. The van der Waals surface area contributed by atoms with Crippen molar-refractivity contribution in [2.45, 2.75) is 11.3 Å². The van der Waals surface area contributed by atoms with Gasteiger partial charge in [0.05, 0.1) is 18.1 Å². The zero-order valence-electron chi connectivity index (χ0n) is 13.0. The molecule has 8 heteroatoms. The molecule has 25 heavy (non-hydrogen) atoms. The number of hydrogen-bond acceptors (Lipinski definition) is 5. The average Bonchev–Trinajstić information content (AvgIpc) is 2.78. The lowest BCUT2D eigenvalue weighted by molar-refractivity contribution is -0.116. The van der Waals surface area contributed by atoms with Crippen LogP contribution in [0.25, 0.3) is 0 Å². The number of amides is 2. The molecule has 1 N–H and O–H groups in total. The molecule has 0 saturated heterocycles. The van der Waals surface area contributed by atoms with Gasteiger partial charge in [-0.25, -0.2) is 12.7 Å². The molecule has 0 atom stereocenters. The molecule has 1 aliphatic heterocycles. The Hall–Kier alpha value is -3.18. The number of hydrogen-bond donors (Lipinski definition) is 1. The van der Waals surface area contributed by atoms with E-state index in [1.54, 1.807) is 30.3 Å². The Balaban J connectivity index is 1.74. The fourth-order valence-corrected chi connectivity index (χ4v) is 4.04. The van der Waals surface area contributed by atoms with Crippen LogP contribution in [0.2, 0.25) is 0 Å². The van der Waals surface area contributed by atoms with E-state index in [4.69, 9.17) is 5.26 Å². The normalized spacial score (nSPS) is 14.7. The van der Waals surface area contributed by atoms with Gasteiger partial charge in [0, 0.05) is 5.69 Å². The summed E-state index contributed by atoms with van der Waals surface area (Å²) in [5, 5.41) is 11.2. The molecule has 2 amide bonds. The summed E-state index contributed by atoms with van der Waals surface area (Å²) in [6.07, 6.45) is 0.257. The van der Waals surface area contributed by atoms with E-state index < -0.39 is 28.4 Å². The molecule has 0 radical (unpaired) electrons. The summed E-state index contributed by atoms with van der Waals surface area (Å²) in [5.74, 6) is -1.34. The molecule has 0 saturated carbocycles. The average molecular weight is 355 g/mol. The second kappa shape index (κ2) is 6.37. The number of nitriles is 1.